The first kappa shape index (κ1) is 14.3. The van der Waals surface area contributed by atoms with E-state index in [2.05, 4.69) is 4.90 Å². The summed E-state index contributed by atoms with van der Waals surface area (Å²) in [5.41, 5.74) is 5.84. The molecule has 19 heavy (non-hydrogen) atoms. The van der Waals surface area contributed by atoms with Crippen LogP contribution in [0.15, 0.2) is 0 Å². The van der Waals surface area contributed by atoms with Crippen molar-refractivity contribution in [1.82, 2.24) is 9.80 Å². The average Bonchev–Trinajstić information content (AvgIpc) is 2.80. The van der Waals surface area contributed by atoms with Gasteiger partial charge in [-0.1, -0.05) is 0 Å². The maximum absolute atomic E-state index is 12.1. The van der Waals surface area contributed by atoms with Gasteiger partial charge in [-0.05, 0) is 25.2 Å². The summed E-state index contributed by atoms with van der Waals surface area (Å²) in [6, 6.07) is 0.276. The van der Waals surface area contributed by atoms with Crippen molar-refractivity contribution >= 4 is 11.9 Å². The summed E-state index contributed by atoms with van der Waals surface area (Å²) in [6.45, 7) is 3.52. The molecule has 0 aromatic heterocycles. The number of piperidine rings is 1. The second kappa shape index (κ2) is 6.34. The van der Waals surface area contributed by atoms with Gasteiger partial charge < -0.3 is 15.7 Å². The fraction of sp³-hybridized carbons (Fsp3) is 0.846. The van der Waals surface area contributed by atoms with Gasteiger partial charge in [0.1, 0.15) is 0 Å². The molecule has 0 aromatic carbocycles. The van der Waals surface area contributed by atoms with E-state index in [1.807, 2.05) is 4.90 Å². The zero-order chi connectivity index (χ0) is 13.8. The minimum Gasteiger partial charge on any atom is -0.481 e. The molecule has 6 nitrogen and oxygen atoms in total. The quantitative estimate of drug-likeness (QED) is 0.734. The van der Waals surface area contributed by atoms with Crippen molar-refractivity contribution in [3.05, 3.63) is 0 Å². The zero-order valence-corrected chi connectivity index (χ0v) is 11.3. The van der Waals surface area contributed by atoms with E-state index >= 15 is 0 Å². The van der Waals surface area contributed by atoms with Crippen LogP contribution in [0.3, 0.4) is 0 Å². The van der Waals surface area contributed by atoms with Crippen molar-refractivity contribution in [3.8, 4) is 0 Å². The number of nitrogens with zero attached hydrogens (tertiary/aromatic N) is 2. The van der Waals surface area contributed by atoms with Crippen LogP contribution in [0.5, 0.6) is 0 Å². The molecule has 2 rings (SSSR count). The van der Waals surface area contributed by atoms with Crippen LogP contribution in [0, 0.1) is 5.92 Å². The van der Waals surface area contributed by atoms with Crippen molar-refractivity contribution in [3.63, 3.8) is 0 Å². The number of carboxylic acid groups (broad SMARTS) is 1. The van der Waals surface area contributed by atoms with E-state index in [4.69, 9.17) is 10.8 Å². The second-order valence-electron chi connectivity index (χ2n) is 5.71. The van der Waals surface area contributed by atoms with E-state index in [9.17, 15) is 9.59 Å². The van der Waals surface area contributed by atoms with Crippen LogP contribution in [0.2, 0.25) is 0 Å². The van der Waals surface area contributed by atoms with E-state index in [1.54, 1.807) is 0 Å². The second-order valence-corrected chi connectivity index (χ2v) is 5.71. The van der Waals surface area contributed by atoms with E-state index in [-0.39, 0.29) is 24.3 Å². The third kappa shape index (κ3) is 4.18. The lowest BCUT2D eigenvalue weighted by molar-refractivity contribution is -0.138. The molecule has 0 spiro atoms. The highest BCUT2D eigenvalue weighted by molar-refractivity contribution is 5.78. The lowest BCUT2D eigenvalue weighted by Gasteiger charge is -2.30. The van der Waals surface area contributed by atoms with Gasteiger partial charge in [-0.2, -0.15) is 0 Å². The molecule has 0 saturated carbocycles. The highest BCUT2D eigenvalue weighted by atomic mass is 16.4. The molecule has 0 aromatic rings. The van der Waals surface area contributed by atoms with E-state index < -0.39 is 5.97 Å². The van der Waals surface area contributed by atoms with Crippen molar-refractivity contribution < 1.29 is 14.7 Å². The molecule has 1 amide bonds. The molecule has 6 heteroatoms. The van der Waals surface area contributed by atoms with Gasteiger partial charge in [0, 0.05) is 38.6 Å². The van der Waals surface area contributed by atoms with Crippen LogP contribution in [0.1, 0.15) is 25.7 Å². The molecule has 108 valence electrons. The predicted molar refractivity (Wildman–Crippen MR) is 70.6 cm³/mol. The highest BCUT2D eigenvalue weighted by Crippen LogP contribution is 2.20. The Bertz CT molecular complexity index is 340. The molecule has 1 unspecified atom stereocenters. The van der Waals surface area contributed by atoms with Crippen LogP contribution in [-0.4, -0.2) is 65.5 Å². The van der Waals surface area contributed by atoms with Crippen molar-refractivity contribution in [1.29, 1.82) is 0 Å². The van der Waals surface area contributed by atoms with Gasteiger partial charge in [-0.3, -0.25) is 14.5 Å². The molecule has 2 heterocycles. The van der Waals surface area contributed by atoms with Gasteiger partial charge in [0.2, 0.25) is 5.91 Å². The molecule has 1 atom stereocenters. The molecule has 3 N–H and O–H groups in total. The number of carboxylic acids is 1. The van der Waals surface area contributed by atoms with Crippen molar-refractivity contribution in [2.75, 3.05) is 32.7 Å². The first-order valence-electron chi connectivity index (χ1n) is 7.02. The molecule has 2 aliphatic rings. The monoisotopic (exact) mass is 269 g/mol. The Kier molecular flexibility index (Phi) is 4.76. The van der Waals surface area contributed by atoms with Crippen LogP contribution in [0.25, 0.3) is 0 Å². The Morgan fingerprint density at radius 2 is 1.84 bits per heavy atom. The van der Waals surface area contributed by atoms with E-state index in [0.717, 1.165) is 32.4 Å². The summed E-state index contributed by atoms with van der Waals surface area (Å²) in [5.74, 6) is -0.524. The fourth-order valence-electron chi connectivity index (χ4n) is 2.88. The highest BCUT2D eigenvalue weighted by Gasteiger charge is 2.29. The number of hydrogen-bond donors (Lipinski definition) is 2. The minimum atomic E-state index is -0.774. The molecular formula is C13H23N3O3. The normalized spacial score (nSPS) is 25.7. The molecule has 2 fully saturated rings. The Morgan fingerprint density at radius 3 is 2.47 bits per heavy atom. The lowest BCUT2D eigenvalue weighted by Crippen LogP contribution is -2.45. The van der Waals surface area contributed by atoms with E-state index in [1.165, 1.54) is 0 Å². The summed E-state index contributed by atoms with van der Waals surface area (Å²) in [5, 5.41) is 8.76. The minimum absolute atomic E-state index is 0.122. The largest absolute Gasteiger partial charge is 0.481 e. The van der Waals surface area contributed by atoms with Crippen molar-refractivity contribution in [2.45, 2.75) is 31.7 Å². The Labute approximate surface area is 113 Å². The lowest BCUT2D eigenvalue weighted by atomic mass is 10.1. The van der Waals surface area contributed by atoms with Gasteiger partial charge in [0.05, 0.1) is 6.54 Å². The maximum Gasteiger partial charge on any atom is 0.303 e. The van der Waals surface area contributed by atoms with Crippen LogP contribution < -0.4 is 5.73 Å². The number of rotatable bonds is 4. The van der Waals surface area contributed by atoms with E-state index in [0.29, 0.717) is 19.6 Å². The summed E-state index contributed by atoms with van der Waals surface area (Å²) in [6.07, 6.45) is 2.88. The van der Waals surface area contributed by atoms with Crippen LogP contribution in [-0.2, 0) is 9.59 Å². The Hall–Kier alpha value is -1.14. The van der Waals surface area contributed by atoms with Crippen LogP contribution >= 0.6 is 0 Å². The molecule has 2 aliphatic heterocycles. The number of likely N-dealkylation sites (tertiary alicyclic amines) is 2. The third-order valence-electron chi connectivity index (χ3n) is 4.09. The third-order valence-corrected chi connectivity index (χ3v) is 4.09. The number of nitrogens with two attached hydrogens (primary N) is 1. The zero-order valence-electron chi connectivity index (χ0n) is 11.3. The molecule has 2 saturated heterocycles. The smallest absolute Gasteiger partial charge is 0.303 e. The predicted octanol–water partition coefficient (Wildman–Crippen LogP) is -0.267. The number of carbonyl (C=O) groups excluding carboxylic acids is 1. The first-order chi connectivity index (χ1) is 9.04. The topological polar surface area (TPSA) is 86.9 Å². The Morgan fingerprint density at radius 1 is 1.16 bits per heavy atom. The first-order valence-corrected chi connectivity index (χ1v) is 7.02. The van der Waals surface area contributed by atoms with Gasteiger partial charge in [-0.25, -0.2) is 0 Å². The van der Waals surface area contributed by atoms with Gasteiger partial charge >= 0.3 is 5.97 Å². The molecular weight excluding hydrogens is 246 g/mol. The maximum atomic E-state index is 12.1. The molecule has 0 aliphatic carbocycles. The summed E-state index contributed by atoms with van der Waals surface area (Å²) in [7, 11) is 0. The summed E-state index contributed by atoms with van der Waals surface area (Å²) in [4.78, 5) is 26.7. The number of carbonyl (C=O) groups is 2. The van der Waals surface area contributed by atoms with Crippen molar-refractivity contribution in [2.24, 2.45) is 11.7 Å². The summed E-state index contributed by atoms with van der Waals surface area (Å²) < 4.78 is 0. The van der Waals surface area contributed by atoms with Gasteiger partial charge in [-0.15, -0.1) is 0 Å². The number of aliphatic carboxylic acids is 1. The standard InChI is InChI=1S/C13H23N3O3/c14-11-2-4-15(5-3-11)9-12(17)16-6-1-10(8-16)7-13(18)19/h10-11H,1-9,14H2,(H,18,19). The molecule has 0 radical (unpaired) electrons. The molecule has 0 bridgehead atoms. The van der Waals surface area contributed by atoms with Gasteiger partial charge in [0.15, 0.2) is 0 Å². The summed E-state index contributed by atoms with van der Waals surface area (Å²) >= 11 is 0. The van der Waals surface area contributed by atoms with Crippen LogP contribution in [0.4, 0.5) is 0 Å². The SMILES string of the molecule is NC1CCN(CC(=O)N2CCC(CC(=O)O)C2)CC1. The fourth-order valence-corrected chi connectivity index (χ4v) is 2.88. The Balaban J connectivity index is 1.73. The number of hydrogen-bond acceptors (Lipinski definition) is 4. The number of amides is 1. The van der Waals surface area contributed by atoms with Gasteiger partial charge in [0.25, 0.3) is 0 Å². The average molecular weight is 269 g/mol.